The summed E-state index contributed by atoms with van der Waals surface area (Å²) >= 11 is 0. The van der Waals surface area contributed by atoms with Gasteiger partial charge in [-0.3, -0.25) is 4.98 Å². The van der Waals surface area contributed by atoms with Gasteiger partial charge in [0.2, 0.25) is 5.75 Å². The molecule has 0 saturated heterocycles. The fourth-order valence-corrected chi connectivity index (χ4v) is 3.08. The predicted octanol–water partition coefficient (Wildman–Crippen LogP) is 3.89. The van der Waals surface area contributed by atoms with Crippen LogP contribution < -0.4 is 18.9 Å². The van der Waals surface area contributed by atoms with Crippen molar-refractivity contribution in [3.05, 3.63) is 53.9 Å². The van der Waals surface area contributed by atoms with Gasteiger partial charge in [-0.2, -0.15) is 0 Å². The first kappa shape index (κ1) is 19.3. The number of oxime groups is 1. The molecule has 0 spiro atoms. The number of hydrogen-bond acceptors (Lipinski definition) is 7. The molecule has 0 unspecified atom stereocenters. The third kappa shape index (κ3) is 3.51. The van der Waals surface area contributed by atoms with Crippen molar-refractivity contribution in [2.45, 2.75) is 6.92 Å². The first-order valence-corrected chi connectivity index (χ1v) is 8.70. The minimum atomic E-state index is 0.335. The Labute approximate surface area is 163 Å². The largest absolute Gasteiger partial charge is 0.494 e. The van der Waals surface area contributed by atoms with E-state index < -0.39 is 0 Å². The summed E-state index contributed by atoms with van der Waals surface area (Å²) in [7, 11) is 4.60. The van der Waals surface area contributed by atoms with Crippen LogP contribution in [0.5, 0.6) is 23.0 Å². The summed E-state index contributed by atoms with van der Waals surface area (Å²) in [6.45, 7) is 2.51. The van der Waals surface area contributed by atoms with Crippen molar-refractivity contribution in [2.24, 2.45) is 5.16 Å². The molecular formula is C21H22N2O5. The Kier molecular flexibility index (Phi) is 5.84. The third-order valence-corrected chi connectivity index (χ3v) is 4.33. The van der Waals surface area contributed by atoms with E-state index in [1.54, 1.807) is 24.5 Å². The maximum Gasteiger partial charge on any atom is 0.203 e. The van der Waals surface area contributed by atoms with Gasteiger partial charge in [0.05, 0.1) is 27.9 Å². The molecule has 146 valence electrons. The number of benzene rings is 2. The summed E-state index contributed by atoms with van der Waals surface area (Å²) in [6.07, 6.45) is 3.40. The number of aromatic nitrogens is 1. The maximum absolute atomic E-state index is 9.81. The lowest BCUT2D eigenvalue weighted by Crippen LogP contribution is -2.07. The SMILES string of the molecule is CCOc1ccc2c(/C(=N\O)c3cc(OC)c(OC)c(OC)c3)cncc2c1. The lowest BCUT2D eigenvalue weighted by atomic mass is 9.98. The van der Waals surface area contributed by atoms with Crippen LogP contribution in [0.4, 0.5) is 0 Å². The van der Waals surface area contributed by atoms with E-state index >= 15 is 0 Å². The zero-order chi connectivity index (χ0) is 20.1. The van der Waals surface area contributed by atoms with Crippen LogP contribution in [0.2, 0.25) is 0 Å². The monoisotopic (exact) mass is 382 g/mol. The second-order valence-corrected chi connectivity index (χ2v) is 5.87. The molecule has 0 saturated carbocycles. The van der Waals surface area contributed by atoms with Crippen molar-refractivity contribution in [3.63, 3.8) is 0 Å². The standard InChI is InChI=1S/C21H22N2O5/c1-5-28-15-6-7-16-14(8-15)11-22-12-17(16)20(23-24)13-9-18(25-2)21(27-4)19(10-13)26-3/h6-12,24H,5H2,1-4H3/b23-20-. The smallest absolute Gasteiger partial charge is 0.203 e. The maximum atomic E-state index is 9.81. The molecule has 0 aliphatic rings. The number of nitrogens with zero attached hydrogens (tertiary/aromatic N) is 2. The second kappa shape index (κ2) is 8.47. The molecule has 3 rings (SSSR count). The highest BCUT2D eigenvalue weighted by Crippen LogP contribution is 2.39. The molecule has 1 heterocycles. The van der Waals surface area contributed by atoms with Gasteiger partial charge in [0, 0.05) is 28.9 Å². The van der Waals surface area contributed by atoms with Crippen LogP contribution in [0, 0.1) is 0 Å². The molecule has 0 radical (unpaired) electrons. The Morgan fingerprint density at radius 2 is 1.71 bits per heavy atom. The van der Waals surface area contributed by atoms with E-state index in [0.29, 0.717) is 40.7 Å². The van der Waals surface area contributed by atoms with Crippen LogP contribution in [-0.4, -0.2) is 43.8 Å². The molecule has 0 aliphatic carbocycles. The predicted molar refractivity (Wildman–Crippen MR) is 106 cm³/mol. The third-order valence-electron chi connectivity index (χ3n) is 4.33. The number of rotatable bonds is 7. The fraction of sp³-hybridized carbons (Fsp3) is 0.238. The van der Waals surface area contributed by atoms with Crippen LogP contribution in [0.3, 0.4) is 0 Å². The molecule has 2 aromatic carbocycles. The molecule has 3 aromatic rings. The first-order valence-electron chi connectivity index (χ1n) is 8.70. The summed E-state index contributed by atoms with van der Waals surface area (Å²) in [5.74, 6) is 2.14. The first-order chi connectivity index (χ1) is 13.7. The number of methoxy groups -OCH3 is 3. The van der Waals surface area contributed by atoms with Gasteiger partial charge in [-0.25, -0.2) is 0 Å². The van der Waals surface area contributed by atoms with Gasteiger partial charge >= 0.3 is 0 Å². The summed E-state index contributed by atoms with van der Waals surface area (Å²) in [4.78, 5) is 4.29. The molecule has 0 amide bonds. The van der Waals surface area contributed by atoms with E-state index in [9.17, 15) is 5.21 Å². The molecule has 1 aromatic heterocycles. The normalized spacial score (nSPS) is 11.4. The molecule has 28 heavy (non-hydrogen) atoms. The van der Waals surface area contributed by atoms with Crippen molar-refractivity contribution >= 4 is 16.5 Å². The highest BCUT2D eigenvalue weighted by Gasteiger charge is 2.19. The minimum absolute atomic E-state index is 0.335. The van der Waals surface area contributed by atoms with Gasteiger partial charge < -0.3 is 24.2 Å². The second-order valence-electron chi connectivity index (χ2n) is 5.87. The molecule has 0 atom stereocenters. The van der Waals surface area contributed by atoms with E-state index in [4.69, 9.17) is 18.9 Å². The van der Waals surface area contributed by atoms with E-state index in [-0.39, 0.29) is 0 Å². The molecule has 7 nitrogen and oxygen atoms in total. The molecular weight excluding hydrogens is 360 g/mol. The van der Waals surface area contributed by atoms with Gasteiger partial charge in [0.15, 0.2) is 11.5 Å². The molecule has 7 heteroatoms. The van der Waals surface area contributed by atoms with Crippen LogP contribution >= 0.6 is 0 Å². The van der Waals surface area contributed by atoms with Gasteiger partial charge in [-0.05, 0) is 42.6 Å². The number of pyridine rings is 1. The Morgan fingerprint density at radius 3 is 2.29 bits per heavy atom. The van der Waals surface area contributed by atoms with Crippen molar-refractivity contribution < 1.29 is 24.2 Å². The molecule has 0 bridgehead atoms. The zero-order valence-electron chi connectivity index (χ0n) is 16.2. The van der Waals surface area contributed by atoms with E-state index in [1.165, 1.54) is 21.3 Å². The van der Waals surface area contributed by atoms with Crippen molar-refractivity contribution in [3.8, 4) is 23.0 Å². The van der Waals surface area contributed by atoms with E-state index in [2.05, 4.69) is 10.1 Å². The van der Waals surface area contributed by atoms with Crippen LogP contribution in [0.1, 0.15) is 18.1 Å². The van der Waals surface area contributed by atoms with Gasteiger partial charge in [0.25, 0.3) is 0 Å². The summed E-state index contributed by atoms with van der Waals surface area (Å²) in [6, 6.07) is 9.15. The number of hydrogen-bond donors (Lipinski definition) is 1. The van der Waals surface area contributed by atoms with Crippen LogP contribution in [0.15, 0.2) is 47.9 Å². The average molecular weight is 382 g/mol. The van der Waals surface area contributed by atoms with Crippen LogP contribution in [-0.2, 0) is 0 Å². The van der Waals surface area contributed by atoms with Gasteiger partial charge in [-0.15, -0.1) is 0 Å². The minimum Gasteiger partial charge on any atom is -0.494 e. The summed E-state index contributed by atoms with van der Waals surface area (Å²) in [5, 5.41) is 15.1. The highest BCUT2D eigenvalue weighted by atomic mass is 16.5. The van der Waals surface area contributed by atoms with E-state index in [0.717, 1.165) is 16.5 Å². The number of ether oxygens (including phenoxy) is 4. The Bertz CT molecular complexity index is 992. The van der Waals surface area contributed by atoms with Crippen molar-refractivity contribution in [1.29, 1.82) is 0 Å². The Hall–Kier alpha value is -3.48. The van der Waals surface area contributed by atoms with Crippen molar-refractivity contribution in [2.75, 3.05) is 27.9 Å². The zero-order valence-corrected chi connectivity index (χ0v) is 16.2. The van der Waals surface area contributed by atoms with Gasteiger partial charge in [0.1, 0.15) is 11.5 Å². The number of fused-ring (bicyclic) bond motifs is 1. The fourth-order valence-electron chi connectivity index (χ4n) is 3.08. The summed E-state index contributed by atoms with van der Waals surface area (Å²) in [5.41, 5.74) is 1.60. The Balaban J connectivity index is 2.17. The lowest BCUT2D eigenvalue weighted by molar-refractivity contribution is 0.318. The molecule has 0 aliphatic heterocycles. The molecule has 1 N–H and O–H groups in total. The quantitative estimate of drug-likeness (QED) is 0.379. The summed E-state index contributed by atoms with van der Waals surface area (Å²) < 4.78 is 21.7. The highest BCUT2D eigenvalue weighted by molar-refractivity contribution is 6.19. The van der Waals surface area contributed by atoms with Crippen LogP contribution in [0.25, 0.3) is 10.8 Å². The Morgan fingerprint density at radius 1 is 1.00 bits per heavy atom. The average Bonchev–Trinajstić information content (AvgIpc) is 2.73. The molecule has 0 fully saturated rings. The topological polar surface area (TPSA) is 82.4 Å². The van der Waals surface area contributed by atoms with Crippen molar-refractivity contribution in [1.82, 2.24) is 4.98 Å². The lowest BCUT2D eigenvalue weighted by Gasteiger charge is -2.15. The van der Waals surface area contributed by atoms with E-state index in [1.807, 2.05) is 25.1 Å². The van der Waals surface area contributed by atoms with Gasteiger partial charge in [-0.1, -0.05) is 5.16 Å².